The highest BCUT2D eigenvalue weighted by Crippen LogP contribution is 2.29. The van der Waals surface area contributed by atoms with Crippen LogP contribution in [0.4, 0.5) is 11.5 Å². The maximum absolute atomic E-state index is 12.5. The van der Waals surface area contributed by atoms with Gasteiger partial charge < -0.3 is 15.5 Å². The van der Waals surface area contributed by atoms with Crippen LogP contribution in [-0.2, 0) is 4.79 Å². The van der Waals surface area contributed by atoms with Crippen LogP contribution in [0, 0.1) is 5.41 Å². The summed E-state index contributed by atoms with van der Waals surface area (Å²) >= 11 is 0. The predicted octanol–water partition coefficient (Wildman–Crippen LogP) is 2.01. The third-order valence-corrected chi connectivity index (χ3v) is 4.69. The average Bonchev–Trinajstić information content (AvgIpc) is 3.03. The molecule has 0 aliphatic carbocycles. The van der Waals surface area contributed by atoms with Crippen molar-refractivity contribution in [2.75, 3.05) is 36.4 Å². The monoisotopic (exact) mass is 288 g/mol. The molecular formula is C16H24N4O. The smallest absolute Gasteiger partial charge is 0.230 e. The second-order valence-corrected chi connectivity index (χ2v) is 6.36. The number of anilines is 2. The molecule has 2 saturated heterocycles. The molecule has 5 nitrogen and oxygen atoms in total. The molecule has 0 radical (unpaired) electrons. The van der Waals surface area contributed by atoms with E-state index >= 15 is 0 Å². The zero-order valence-electron chi connectivity index (χ0n) is 12.7. The van der Waals surface area contributed by atoms with Gasteiger partial charge in [-0.05, 0) is 50.9 Å². The maximum atomic E-state index is 12.5. The van der Waals surface area contributed by atoms with E-state index in [4.69, 9.17) is 0 Å². The zero-order valence-corrected chi connectivity index (χ0v) is 12.7. The van der Waals surface area contributed by atoms with E-state index in [9.17, 15) is 4.79 Å². The van der Waals surface area contributed by atoms with Crippen molar-refractivity contribution in [2.45, 2.75) is 32.6 Å². The van der Waals surface area contributed by atoms with Gasteiger partial charge in [0.05, 0.1) is 11.9 Å². The van der Waals surface area contributed by atoms with Gasteiger partial charge in [0, 0.05) is 18.5 Å². The summed E-state index contributed by atoms with van der Waals surface area (Å²) in [5.41, 5.74) is 0.529. The Morgan fingerprint density at radius 2 is 2.00 bits per heavy atom. The standard InChI is InChI=1S/C16H24N4O/c1-16(6-8-17-9-7-16)15(21)19-13-4-5-14(18-12-13)20-10-2-3-11-20/h4-5,12,17H,2-3,6-11H2,1H3,(H,19,21). The van der Waals surface area contributed by atoms with Crippen LogP contribution in [0.15, 0.2) is 18.3 Å². The minimum Gasteiger partial charge on any atom is -0.357 e. The molecule has 0 aromatic carbocycles. The molecule has 2 aliphatic heterocycles. The summed E-state index contributed by atoms with van der Waals surface area (Å²) in [6.45, 7) is 6.05. The van der Waals surface area contributed by atoms with E-state index in [-0.39, 0.29) is 11.3 Å². The van der Waals surface area contributed by atoms with E-state index in [1.54, 1.807) is 6.20 Å². The fourth-order valence-corrected chi connectivity index (χ4v) is 3.08. The molecule has 0 atom stereocenters. The molecule has 0 spiro atoms. The van der Waals surface area contributed by atoms with Crippen molar-refractivity contribution >= 4 is 17.4 Å². The Labute approximate surface area is 126 Å². The number of hydrogen-bond donors (Lipinski definition) is 2. The number of aromatic nitrogens is 1. The lowest BCUT2D eigenvalue weighted by molar-refractivity contribution is -0.126. The van der Waals surface area contributed by atoms with Gasteiger partial charge in [-0.25, -0.2) is 4.98 Å². The molecule has 0 unspecified atom stereocenters. The highest BCUT2D eigenvalue weighted by molar-refractivity contribution is 5.95. The largest absolute Gasteiger partial charge is 0.357 e. The fourth-order valence-electron chi connectivity index (χ4n) is 3.08. The first-order valence-electron chi connectivity index (χ1n) is 7.91. The fraction of sp³-hybridized carbons (Fsp3) is 0.625. The van der Waals surface area contributed by atoms with Gasteiger partial charge in [0.1, 0.15) is 5.82 Å². The number of piperidine rings is 1. The Morgan fingerprint density at radius 1 is 1.29 bits per heavy atom. The Kier molecular flexibility index (Phi) is 4.10. The number of rotatable bonds is 3. The van der Waals surface area contributed by atoms with Gasteiger partial charge in [-0.3, -0.25) is 4.79 Å². The Morgan fingerprint density at radius 3 is 2.62 bits per heavy atom. The van der Waals surface area contributed by atoms with Crippen molar-refractivity contribution in [3.8, 4) is 0 Å². The van der Waals surface area contributed by atoms with Crippen LogP contribution in [0.25, 0.3) is 0 Å². The SMILES string of the molecule is CC1(C(=O)Nc2ccc(N3CCCC3)nc2)CCNCC1. The third-order valence-electron chi connectivity index (χ3n) is 4.69. The van der Waals surface area contributed by atoms with Gasteiger partial charge in [-0.15, -0.1) is 0 Å². The first kappa shape index (κ1) is 14.3. The van der Waals surface area contributed by atoms with Crippen LogP contribution >= 0.6 is 0 Å². The van der Waals surface area contributed by atoms with Crippen LogP contribution in [0.1, 0.15) is 32.6 Å². The highest BCUT2D eigenvalue weighted by Gasteiger charge is 2.34. The average molecular weight is 288 g/mol. The number of pyridine rings is 1. The zero-order chi connectivity index (χ0) is 14.7. The number of nitrogens with zero attached hydrogens (tertiary/aromatic N) is 2. The van der Waals surface area contributed by atoms with Crippen molar-refractivity contribution < 1.29 is 4.79 Å². The molecule has 1 amide bonds. The van der Waals surface area contributed by atoms with E-state index in [0.717, 1.165) is 50.5 Å². The number of carbonyl (C=O) groups excluding carboxylic acids is 1. The first-order valence-corrected chi connectivity index (χ1v) is 7.91. The van der Waals surface area contributed by atoms with Crippen molar-refractivity contribution in [1.82, 2.24) is 10.3 Å². The number of hydrogen-bond acceptors (Lipinski definition) is 4. The van der Waals surface area contributed by atoms with E-state index in [1.165, 1.54) is 12.8 Å². The predicted molar refractivity (Wildman–Crippen MR) is 84.5 cm³/mol. The van der Waals surface area contributed by atoms with Crippen LogP contribution in [-0.4, -0.2) is 37.1 Å². The first-order chi connectivity index (χ1) is 10.2. The molecule has 5 heteroatoms. The summed E-state index contributed by atoms with van der Waals surface area (Å²) in [4.78, 5) is 19.2. The summed E-state index contributed by atoms with van der Waals surface area (Å²) in [6.07, 6.45) is 6.03. The summed E-state index contributed by atoms with van der Waals surface area (Å²) in [7, 11) is 0. The normalized spacial score (nSPS) is 21.3. The molecule has 3 heterocycles. The van der Waals surface area contributed by atoms with Gasteiger partial charge in [0.2, 0.25) is 5.91 Å². The quantitative estimate of drug-likeness (QED) is 0.893. The van der Waals surface area contributed by atoms with Gasteiger partial charge in [0.25, 0.3) is 0 Å². The van der Waals surface area contributed by atoms with Crippen LogP contribution in [0.5, 0.6) is 0 Å². The van der Waals surface area contributed by atoms with Gasteiger partial charge >= 0.3 is 0 Å². The minimum atomic E-state index is -0.265. The summed E-state index contributed by atoms with van der Waals surface area (Å²) in [6, 6.07) is 3.97. The Hall–Kier alpha value is -1.62. The molecule has 1 aromatic rings. The van der Waals surface area contributed by atoms with Gasteiger partial charge in [-0.2, -0.15) is 0 Å². The topological polar surface area (TPSA) is 57.3 Å². The number of nitrogens with one attached hydrogen (secondary N) is 2. The Bertz CT molecular complexity index is 488. The summed E-state index contributed by atoms with van der Waals surface area (Å²) in [5, 5.41) is 6.32. The molecule has 3 rings (SSSR count). The molecular weight excluding hydrogens is 264 g/mol. The van der Waals surface area contributed by atoms with Crippen molar-refractivity contribution in [2.24, 2.45) is 5.41 Å². The van der Waals surface area contributed by atoms with Crippen molar-refractivity contribution in [3.05, 3.63) is 18.3 Å². The lowest BCUT2D eigenvalue weighted by Crippen LogP contribution is -2.42. The molecule has 2 fully saturated rings. The lowest BCUT2D eigenvalue weighted by atomic mass is 9.80. The Balaban J connectivity index is 1.63. The van der Waals surface area contributed by atoms with E-state index in [2.05, 4.69) is 27.4 Å². The number of amides is 1. The van der Waals surface area contributed by atoms with Crippen molar-refractivity contribution in [1.29, 1.82) is 0 Å². The van der Waals surface area contributed by atoms with Crippen molar-refractivity contribution in [3.63, 3.8) is 0 Å². The van der Waals surface area contributed by atoms with Gasteiger partial charge in [-0.1, -0.05) is 6.92 Å². The molecule has 114 valence electrons. The second-order valence-electron chi connectivity index (χ2n) is 6.36. The van der Waals surface area contributed by atoms with E-state index in [0.29, 0.717) is 0 Å². The second kappa shape index (κ2) is 6.02. The molecule has 0 saturated carbocycles. The van der Waals surface area contributed by atoms with Crippen LogP contribution in [0.2, 0.25) is 0 Å². The van der Waals surface area contributed by atoms with Gasteiger partial charge in [0.15, 0.2) is 0 Å². The summed E-state index contributed by atoms with van der Waals surface area (Å²) in [5.74, 6) is 1.12. The van der Waals surface area contributed by atoms with Crippen LogP contribution in [0.3, 0.4) is 0 Å². The van der Waals surface area contributed by atoms with E-state index in [1.807, 2.05) is 12.1 Å². The number of carbonyl (C=O) groups is 1. The molecule has 2 aliphatic rings. The minimum absolute atomic E-state index is 0.111. The molecule has 0 bridgehead atoms. The summed E-state index contributed by atoms with van der Waals surface area (Å²) < 4.78 is 0. The van der Waals surface area contributed by atoms with Crippen LogP contribution < -0.4 is 15.5 Å². The lowest BCUT2D eigenvalue weighted by Gasteiger charge is -2.32. The third kappa shape index (κ3) is 3.18. The molecule has 1 aromatic heterocycles. The maximum Gasteiger partial charge on any atom is 0.230 e. The molecule has 2 N–H and O–H groups in total. The molecule has 21 heavy (non-hydrogen) atoms. The van der Waals surface area contributed by atoms with E-state index < -0.39 is 0 Å². The highest BCUT2D eigenvalue weighted by atomic mass is 16.2.